The van der Waals surface area contributed by atoms with Crippen molar-refractivity contribution < 1.29 is 8.42 Å². The Labute approximate surface area is 120 Å². The third-order valence-electron chi connectivity index (χ3n) is 3.64. The van der Waals surface area contributed by atoms with Crippen molar-refractivity contribution in [2.45, 2.75) is 25.0 Å². The molecule has 1 fully saturated rings. The highest BCUT2D eigenvalue weighted by molar-refractivity contribution is 7.90. The summed E-state index contributed by atoms with van der Waals surface area (Å²) in [5, 5.41) is 8.72. The summed E-state index contributed by atoms with van der Waals surface area (Å²) in [5.41, 5.74) is 1.31. The molecule has 2 rings (SSSR count). The molecule has 0 amide bonds. The first-order valence-electron chi connectivity index (χ1n) is 7.01. The molecule has 1 aliphatic heterocycles. The Hall–Kier alpha value is -1.38. The van der Waals surface area contributed by atoms with Crippen molar-refractivity contribution in [2.24, 2.45) is 0 Å². The highest BCUT2D eigenvalue weighted by Crippen LogP contribution is 2.11. The van der Waals surface area contributed by atoms with Crippen LogP contribution in [0, 0.1) is 11.3 Å². The maximum Gasteiger partial charge on any atom is 0.155 e. The fourth-order valence-corrected chi connectivity index (χ4v) is 3.83. The van der Waals surface area contributed by atoms with Gasteiger partial charge in [0.05, 0.1) is 23.1 Å². The summed E-state index contributed by atoms with van der Waals surface area (Å²) in [7, 11) is -3.08. The molecule has 0 unspecified atom stereocenters. The van der Waals surface area contributed by atoms with E-state index in [4.69, 9.17) is 5.26 Å². The van der Waals surface area contributed by atoms with E-state index in [0.717, 1.165) is 18.7 Å². The van der Waals surface area contributed by atoms with Gasteiger partial charge in [-0.15, -0.1) is 0 Å². The first-order chi connectivity index (χ1) is 9.59. The Bertz CT molecular complexity index is 567. The van der Waals surface area contributed by atoms with Crippen molar-refractivity contribution in [1.29, 1.82) is 5.26 Å². The molecule has 0 radical (unpaired) electrons. The summed E-state index contributed by atoms with van der Waals surface area (Å²) in [5.74, 6) is 0.277. The first-order valence-corrected chi connectivity index (χ1v) is 8.83. The largest absolute Gasteiger partial charge is 0.302 e. The lowest BCUT2D eigenvalue weighted by molar-refractivity contribution is 0.241. The summed E-state index contributed by atoms with van der Waals surface area (Å²) >= 11 is 0. The molecular weight excluding hydrogens is 272 g/mol. The van der Waals surface area contributed by atoms with Gasteiger partial charge >= 0.3 is 0 Å². The maximum atomic E-state index is 12.1. The second kappa shape index (κ2) is 6.87. The highest BCUT2D eigenvalue weighted by Gasteiger charge is 2.16. The zero-order valence-corrected chi connectivity index (χ0v) is 12.4. The van der Waals surface area contributed by atoms with Crippen LogP contribution in [0.1, 0.15) is 30.4 Å². The molecule has 0 bridgehead atoms. The Balaban J connectivity index is 1.87. The van der Waals surface area contributed by atoms with Crippen LogP contribution in [0.4, 0.5) is 0 Å². The number of nitrogens with zero attached hydrogens (tertiary/aromatic N) is 2. The van der Waals surface area contributed by atoms with E-state index < -0.39 is 9.84 Å². The van der Waals surface area contributed by atoms with E-state index in [1.807, 2.05) is 6.07 Å². The minimum Gasteiger partial charge on any atom is -0.302 e. The lowest BCUT2D eigenvalue weighted by Crippen LogP contribution is -2.34. The summed E-state index contributed by atoms with van der Waals surface area (Å²) in [4.78, 5) is 2.24. The van der Waals surface area contributed by atoms with Crippen LogP contribution in [0.3, 0.4) is 0 Å². The van der Waals surface area contributed by atoms with Crippen molar-refractivity contribution in [3.8, 4) is 6.07 Å². The van der Waals surface area contributed by atoms with E-state index in [1.165, 1.54) is 19.3 Å². The fraction of sp³-hybridized carbons (Fsp3) is 0.533. The molecule has 0 spiro atoms. The third kappa shape index (κ3) is 4.62. The van der Waals surface area contributed by atoms with Gasteiger partial charge in [-0.2, -0.15) is 5.26 Å². The molecule has 1 aliphatic rings. The van der Waals surface area contributed by atoms with Gasteiger partial charge in [-0.1, -0.05) is 18.6 Å². The molecule has 1 aromatic carbocycles. The Morgan fingerprint density at radius 3 is 2.35 bits per heavy atom. The smallest absolute Gasteiger partial charge is 0.155 e. The van der Waals surface area contributed by atoms with Gasteiger partial charge in [0.1, 0.15) is 0 Å². The minimum absolute atomic E-state index is 0.0621. The summed E-state index contributed by atoms with van der Waals surface area (Å²) in [6.07, 6.45) is 3.61. The minimum atomic E-state index is -3.08. The maximum absolute atomic E-state index is 12.1. The zero-order valence-electron chi connectivity index (χ0n) is 11.6. The number of rotatable bonds is 5. The van der Waals surface area contributed by atoms with E-state index in [-0.39, 0.29) is 11.5 Å². The molecule has 0 N–H and O–H groups in total. The van der Waals surface area contributed by atoms with E-state index in [0.29, 0.717) is 12.1 Å². The number of nitriles is 1. The van der Waals surface area contributed by atoms with E-state index in [2.05, 4.69) is 4.90 Å². The van der Waals surface area contributed by atoms with E-state index >= 15 is 0 Å². The number of sulfone groups is 1. The van der Waals surface area contributed by atoms with Crippen LogP contribution in [-0.4, -0.2) is 38.7 Å². The van der Waals surface area contributed by atoms with Crippen LogP contribution in [0.5, 0.6) is 0 Å². The molecule has 1 saturated heterocycles. The third-order valence-corrected chi connectivity index (χ3v) is 5.21. The fourth-order valence-electron chi connectivity index (χ4n) is 2.45. The molecule has 1 aromatic rings. The lowest BCUT2D eigenvalue weighted by atomic mass is 10.1. The zero-order chi connectivity index (χ0) is 14.4. The molecule has 0 aromatic heterocycles. The number of hydrogen-bond donors (Lipinski definition) is 0. The van der Waals surface area contributed by atoms with Crippen molar-refractivity contribution >= 4 is 9.84 Å². The number of piperidine rings is 1. The first kappa shape index (κ1) is 15.0. The monoisotopic (exact) mass is 292 g/mol. The van der Waals surface area contributed by atoms with Crippen molar-refractivity contribution in [3.63, 3.8) is 0 Å². The van der Waals surface area contributed by atoms with Crippen LogP contribution in [0.2, 0.25) is 0 Å². The predicted octanol–water partition coefficient (Wildman–Crippen LogP) is 1.96. The van der Waals surface area contributed by atoms with Crippen LogP contribution >= 0.6 is 0 Å². The van der Waals surface area contributed by atoms with Crippen LogP contribution in [0.25, 0.3) is 0 Å². The van der Waals surface area contributed by atoms with Gasteiger partial charge in [-0.3, -0.25) is 0 Å². The lowest BCUT2D eigenvalue weighted by Gasteiger charge is -2.26. The van der Waals surface area contributed by atoms with Gasteiger partial charge in [0.25, 0.3) is 0 Å². The van der Waals surface area contributed by atoms with Crippen LogP contribution in [0.15, 0.2) is 24.3 Å². The van der Waals surface area contributed by atoms with Gasteiger partial charge in [0.15, 0.2) is 9.84 Å². The Kier molecular flexibility index (Phi) is 5.16. The molecule has 0 atom stereocenters. The van der Waals surface area contributed by atoms with Gasteiger partial charge in [0, 0.05) is 6.54 Å². The molecule has 5 heteroatoms. The quantitative estimate of drug-likeness (QED) is 0.832. The standard InChI is InChI=1S/C15H20N2O2S/c16-12-14-4-6-15(7-5-14)13-20(18,19)11-10-17-8-2-1-3-9-17/h4-7H,1-3,8-11,13H2. The average Bonchev–Trinajstić information content (AvgIpc) is 2.47. The van der Waals surface area contributed by atoms with E-state index in [1.54, 1.807) is 24.3 Å². The predicted molar refractivity (Wildman–Crippen MR) is 78.9 cm³/mol. The normalized spacial score (nSPS) is 16.8. The number of benzene rings is 1. The average molecular weight is 292 g/mol. The second-order valence-electron chi connectivity index (χ2n) is 5.30. The van der Waals surface area contributed by atoms with Gasteiger partial charge in [-0.25, -0.2) is 8.42 Å². The van der Waals surface area contributed by atoms with Gasteiger partial charge in [-0.05, 0) is 43.6 Å². The topological polar surface area (TPSA) is 61.2 Å². The van der Waals surface area contributed by atoms with Crippen molar-refractivity contribution in [1.82, 2.24) is 4.90 Å². The van der Waals surface area contributed by atoms with Crippen molar-refractivity contribution in [3.05, 3.63) is 35.4 Å². The molecule has 0 saturated carbocycles. The van der Waals surface area contributed by atoms with Crippen molar-refractivity contribution in [2.75, 3.05) is 25.4 Å². The number of hydrogen-bond acceptors (Lipinski definition) is 4. The number of likely N-dealkylation sites (tertiary alicyclic amines) is 1. The Morgan fingerprint density at radius 2 is 1.75 bits per heavy atom. The Morgan fingerprint density at radius 1 is 1.10 bits per heavy atom. The molecule has 20 heavy (non-hydrogen) atoms. The molecular formula is C15H20N2O2S. The summed E-state index contributed by atoms with van der Waals surface area (Å²) in [6, 6.07) is 8.79. The SMILES string of the molecule is N#Cc1ccc(CS(=O)(=O)CCN2CCCCC2)cc1. The van der Waals surface area contributed by atoms with Crippen LogP contribution < -0.4 is 0 Å². The van der Waals surface area contributed by atoms with E-state index in [9.17, 15) is 8.42 Å². The molecule has 108 valence electrons. The highest BCUT2D eigenvalue weighted by atomic mass is 32.2. The summed E-state index contributed by atoms with van der Waals surface area (Å²) < 4.78 is 24.2. The summed E-state index contributed by atoms with van der Waals surface area (Å²) in [6.45, 7) is 2.68. The molecule has 0 aliphatic carbocycles. The molecule has 1 heterocycles. The molecule has 4 nitrogen and oxygen atoms in total. The van der Waals surface area contributed by atoms with Gasteiger partial charge < -0.3 is 4.90 Å². The second-order valence-corrected chi connectivity index (χ2v) is 7.49. The van der Waals surface area contributed by atoms with Gasteiger partial charge in [0.2, 0.25) is 0 Å². The van der Waals surface area contributed by atoms with Crippen LogP contribution in [-0.2, 0) is 15.6 Å².